The summed E-state index contributed by atoms with van der Waals surface area (Å²) in [5.41, 5.74) is -0.400. The summed E-state index contributed by atoms with van der Waals surface area (Å²) < 4.78 is 240. The monoisotopic (exact) mass is 1530 g/mol. The number of carbonyl (C=O) groups is 3. The van der Waals surface area contributed by atoms with Gasteiger partial charge in [0.05, 0.1) is 132 Å². The van der Waals surface area contributed by atoms with Crippen LogP contribution >= 0.6 is 0 Å². The van der Waals surface area contributed by atoms with Crippen LogP contribution in [0.2, 0.25) is 0 Å². The fourth-order valence-electron chi connectivity index (χ4n) is 12.2. The molecule has 1 saturated heterocycles. The van der Waals surface area contributed by atoms with Gasteiger partial charge in [-0.15, -0.1) is 5.06 Å². The van der Waals surface area contributed by atoms with Gasteiger partial charge in [-0.1, -0.05) is 23.8 Å². The minimum atomic E-state index is -5.46. The van der Waals surface area contributed by atoms with Crippen LogP contribution in [0.15, 0.2) is 104 Å². The highest BCUT2D eigenvalue weighted by Crippen LogP contribution is 2.54. The van der Waals surface area contributed by atoms with Gasteiger partial charge in [-0.25, -0.2) is 13.2 Å². The predicted octanol–water partition coefficient (Wildman–Crippen LogP) is 5.03. The number of imide groups is 1. The Labute approximate surface area is 593 Å². The molecule has 4 aromatic carbocycles. The molecule has 566 valence electrons. The molecular weight excluding hydrogens is 1450 g/mol. The van der Waals surface area contributed by atoms with Crippen LogP contribution in [0.5, 0.6) is 0 Å². The third-order valence-corrected chi connectivity index (χ3v) is 21.2. The minimum absolute atomic E-state index is 0.0184. The number of carbonyl (C=O) groups excluding carboxylic acids is 3. The van der Waals surface area contributed by atoms with Gasteiger partial charge in [0.15, 0.2) is 12.3 Å². The summed E-state index contributed by atoms with van der Waals surface area (Å²) in [7, 11) is -22.6. The van der Waals surface area contributed by atoms with Crippen LogP contribution in [0, 0.1) is 0 Å². The second kappa shape index (κ2) is 37.2. The maximum Gasteiger partial charge on any atom is 0.333 e. The normalized spacial score (nSPS) is 18.2. The number of benzene rings is 4. The molecule has 2 unspecified atom stereocenters. The summed E-state index contributed by atoms with van der Waals surface area (Å²) in [6.07, 6.45) is 5.63. The zero-order chi connectivity index (χ0) is 74.7. The molecule has 7 rings (SSSR count). The number of rotatable bonds is 46. The lowest BCUT2D eigenvalue weighted by molar-refractivity contribution is -0.442. The molecule has 3 aliphatic rings. The van der Waals surface area contributed by atoms with Gasteiger partial charge in [-0.05, 0) is 111 Å². The summed E-state index contributed by atoms with van der Waals surface area (Å²) in [6, 6.07) is 8.88. The highest BCUT2D eigenvalue weighted by molar-refractivity contribution is 7.87. The molecule has 4 N–H and O–H groups in total. The molecule has 0 aliphatic carbocycles. The molecule has 102 heavy (non-hydrogen) atoms. The molecule has 0 spiro atoms. The Kier molecular flexibility index (Phi) is 30.3. The molecule has 3 aliphatic heterocycles. The highest BCUT2D eigenvalue weighted by atomic mass is 32.2. The number of amides is 2. The van der Waals surface area contributed by atoms with E-state index < -0.39 is 105 Å². The summed E-state index contributed by atoms with van der Waals surface area (Å²) >= 11 is 0. The molecule has 4 aromatic rings. The summed E-state index contributed by atoms with van der Waals surface area (Å²) in [4.78, 5) is 41.4. The average molecular weight is 1530 g/mol. The lowest BCUT2D eigenvalue weighted by Crippen LogP contribution is -2.33. The van der Waals surface area contributed by atoms with Crippen LogP contribution in [0.1, 0.15) is 76.8 Å². The number of allylic oxidation sites excluding steroid dienone is 6. The Bertz CT molecular complexity index is 4370. The SMILES string of the molecule is COCCOCCOCCOCCOCCOCC[N+]1=C(/C=C/C(C)=C/C=C2/N(CCCC(=O)ON3C(=O)CCC3=O)c3ccc4c(S(=O)(=O)[O-])cc(S(=O)(=O)O)cc4c3C2(C)CCOCCOCCOCCOC)C(C)(CCCS(=O)(=O)O)c2c1ccc1c(S(=O)(=O)O)cc(S(=O)(=O)O)cc21. The Morgan fingerprint density at radius 3 is 1.53 bits per heavy atom. The quantitative estimate of drug-likeness (QED) is 0.0148. The molecule has 32 nitrogen and oxygen atoms in total. The van der Waals surface area contributed by atoms with Crippen molar-refractivity contribution in [3.63, 3.8) is 0 Å². The Balaban J connectivity index is 1.31. The van der Waals surface area contributed by atoms with E-state index in [1.54, 1.807) is 61.7 Å². The van der Waals surface area contributed by atoms with Gasteiger partial charge in [0, 0.05) is 86.5 Å². The first-order valence-corrected chi connectivity index (χ1v) is 39.7. The second-order valence-electron chi connectivity index (χ2n) is 24.2. The molecule has 37 heteroatoms. The molecule has 1 fully saturated rings. The van der Waals surface area contributed by atoms with E-state index in [0.29, 0.717) is 98.4 Å². The Hall–Kier alpha value is -6.15. The second-order valence-corrected chi connectivity index (χ2v) is 31.3. The van der Waals surface area contributed by atoms with Crippen molar-refractivity contribution in [2.75, 3.05) is 157 Å². The fraction of sp³-hybridized carbons (Fsp3) is 0.538. The van der Waals surface area contributed by atoms with Crippen molar-refractivity contribution in [3.05, 3.63) is 95.2 Å². The van der Waals surface area contributed by atoms with Crippen LogP contribution in [-0.2, 0) is 128 Å². The zero-order valence-electron chi connectivity index (χ0n) is 57.1. The van der Waals surface area contributed by atoms with Gasteiger partial charge in [0.1, 0.15) is 21.6 Å². The van der Waals surface area contributed by atoms with Crippen molar-refractivity contribution in [1.82, 2.24) is 5.06 Å². The van der Waals surface area contributed by atoms with E-state index in [2.05, 4.69) is 0 Å². The third-order valence-electron chi connectivity index (χ3n) is 17.0. The lowest BCUT2D eigenvalue weighted by Gasteiger charge is -2.31. The Morgan fingerprint density at radius 1 is 0.569 bits per heavy atom. The van der Waals surface area contributed by atoms with Crippen LogP contribution in [0.4, 0.5) is 11.4 Å². The Morgan fingerprint density at radius 2 is 1.04 bits per heavy atom. The topological polar surface area (TPSA) is 437 Å². The molecule has 0 bridgehead atoms. The molecule has 2 atom stereocenters. The number of anilines is 1. The van der Waals surface area contributed by atoms with Crippen molar-refractivity contribution >= 4 is 107 Å². The largest absolute Gasteiger partial charge is 0.744 e. The number of hydroxylamine groups is 2. The van der Waals surface area contributed by atoms with Crippen molar-refractivity contribution < 1.29 is 136 Å². The minimum Gasteiger partial charge on any atom is -0.744 e. The first-order chi connectivity index (χ1) is 48.2. The molecule has 2 amide bonds. The van der Waals surface area contributed by atoms with Gasteiger partial charge >= 0.3 is 5.97 Å². The number of fused-ring (bicyclic) bond motifs is 6. The van der Waals surface area contributed by atoms with Gasteiger partial charge in [-0.2, -0.15) is 38.2 Å². The van der Waals surface area contributed by atoms with Crippen molar-refractivity contribution in [2.45, 2.75) is 96.1 Å². The van der Waals surface area contributed by atoms with Crippen LogP contribution in [0.25, 0.3) is 21.5 Å². The van der Waals surface area contributed by atoms with Crippen molar-refractivity contribution in [2.24, 2.45) is 0 Å². The third kappa shape index (κ3) is 22.4. The van der Waals surface area contributed by atoms with E-state index in [-0.39, 0.29) is 157 Å². The maximum absolute atomic E-state index is 13.3. The summed E-state index contributed by atoms with van der Waals surface area (Å²) in [5, 5.41) is -0.117. The van der Waals surface area contributed by atoms with Gasteiger partial charge in [0.2, 0.25) is 5.69 Å². The average Bonchev–Trinajstić information content (AvgIpc) is 1.52. The smallest absolute Gasteiger partial charge is 0.333 e. The number of hydrogen-bond donors (Lipinski definition) is 4. The van der Waals surface area contributed by atoms with Gasteiger partial charge < -0.3 is 61.7 Å². The standard InChI is InChI=1S/C65H87N3O29S5/c1-46(9-15-57-64(2,19-7-41-98(72,73)74)62-51-42-47(99(75,76)77)44-55(101(81,82)83)49(51)12-14-54(62)67(57)22-24-90-30-32-94-37-38-96-40-39-95-36-34-92-28-26-88-5)10-16-58-65(3,20-23-89-29-31-93-35-33-91-27-25-87-4)63-52-43-48(100(78,79)80)45-56(102(84,85)86)50(52)11-13-53(63)66(58)21-6-8-61(71)97-68-59(69)17-18-60(68)70/h9-16,42-45H,6-8,17-41H2,1-5H3,(H4-,72,73,74,75,76,77,78,79,80,81,82,83,84,85,86). The maximum atomic E-state index is 13.3. The van der Waals surface area contributed by atoms with E-state index in [4.69, 9.17) is 52.2 Å². The molecule has 3 heterocycles. The van der Waals surface area contributed by atoms with Gasteiger partial charge in [-0.3, -0.25) is 27.8 Å². The molecule has 0 radical (unpaired) electrons. The van der Waals surface area contributed by atoms with E-state index >= 15 is 0 Å². The molecular formula is C65H87N3O29S5. The molecule has 0 aromatic heterocycles. The van der Waals surface area contributed by atoms with Crippen LogP contribution in [-0.4, -0.2) is 250 Å². The summed E-state index contributed by atoms with van der Waals surface area (Å²) in [6.45, 7) is 9.47. The van der Waals surface area contributed by atoms with E-state index in [1.807, 2.05) is 0 Å². The zero-order valence-corrected chi connectivity index (χ0v) is 61.2. The van der Waals surface area contributed by atoms with E-state index in [0.717, 1.165) is 12.1 Å². The van der Waals surface area contributed by atoms with E-state index in [9.17, 15) is 79.2 Å². The van der Waals surface area contributed by atoms with Crippen LogP contribution < -0.4 is 4.90 Å². The van der Waals surface area contributed by atoms with Crippen molar-refractivity contribution in [1.29, 1.82) is 0 Å². The predicted molar refractivity (Wildman–Crippen MR) is 365 cm³/mol. The van der Waals surface area contributed by atoms with Gasteiger partial charge in [0.25, 0.3) is 52.3 Å². The van der Waals surface area contributed by atoms with Crippen molar-refractivity contribution in [3.8, 4) is 0 Å². The lowest BCUT2D eigenvalue weighted by atomic mass is 9.74. The first-order valence-electron chi connectivity index (χ1n) is 32.4. The number of nitrogens with zero attached hydrogens (tertiary/aromatic N) is 3. The molecule has 0 saturated carbocycles. The fourth-order valence-corrected chi connectivity index (χ4v) is 15.4. The summed E-state index contributed by atoms with van der Waals surface area (Å²) in [5.74, 6) is -3.11. The number of ether oxygens (including phenoxy) is 10. The van der Waals surface area contributed by atoms with Crippen LogP contribution in [0.3, 0.4) is 0 Å². The first kappa shape index (κ1) is 83.1. The highest BCUT2D eigenvalue weighted by Gasteiger charge is 2.50. The van der Waals surface area contributed by atoms with E-state index in [1.165, 1.54) is 31.4 Å². The number of methoxy groups -OCH3 is 2. The number of hydrogen-bond acceptors (Lipinski definition) is 26.